The van der Waals surface area contributed by atoms with E-state index < -0.39 is 17.4 Å². The first-order valence-corrected chi connectivity index (χ1v) is 6.68. The summed E-state index contributed by atoms with van der Waals surface area (Å²) in [6, 6.07) is 0. The Morgan fingerprint density at radius 3 is 2.56 bits per heavy atom. The molecule has 1 heterocycles. The highest BCUT2D eigenvalue weighted by Gasteiger charge is 2.37. The van der Waals surface area contributed by atoms with Crippen molar-refractivity contribution in [1.82, 2.24) is 9.97 Å². The maximum absolute atomic E-state index is 12.8. The quantitative estimate of drug-likeness (QED) is 0.903. The normalized spacial score (nSPS) is 17.9. The molecular weight excluding hydrogens is 265 g/mol. The number of aromatic nitrogens is 2. The molecule has 0 aromatic carbocycles. The van der Waals surface area contributed by atoms with E-state index in [-0.39, 0.29) is 10.1 Å². The number of thioether (sulfide) groups is 1. The predicted octanol–water partition coefficient (Wildman–Crippen LogP) is 3.21. The van der Waals surface area contributed by atoms with E-state index in [4.69, 9.17) is 0 Å². The van der Waals surface area contributed by atoms with Crippen LogP contribution in [-0.2, 0) is 6.18 Å². The van der Waals surface area contributed by atoms with E-state index in [0.29, 0.717) is 0 Å². The number of nitrogens with zero attached hydrogens (tertiary/aromatic N) is 1. The molecule has 7 heteroatoms. The second-order valence-electron chi connectivity index (χ2n) is 4.29. The molecule has 0 aliphatic heterocycles. The SMILES string of the molecule is O=c1[nH]cnc(C(F)(F)F)c1SC1CCCCC1. The fourth-order valence-corrected chi connectivity index (χ4v) is 3.40. The Kier molecular flexibility index (Phi) is 3.99. The molecule has 2 rings (SSSR count). The number of hydrogen-bond donors (Lipinski definition) is 1. The van der Waals surface area contributed by atoms with Crippen LogP contribution in [0.1, 0.15) is 37.8 Å². The van der Waals surface area contributed by atoms with Crippen LogP contribution in [-0.4, -0.2) is 15.2 Å². The Hall–Kier alpha value is -0.980. The topological polar surface area (TPSA) is 45.8 Å². The van der Waals surface area contributed by atoms with Gasteiger partial charge >= 0.3 is 6.18 Å². The summed E-state index contributed by atoms with van der Waals surface area (Å²) < 4.78 is 38.3. The lowest BCUT2D eigenvalue weighted by Gasteiger charge is -2.21. The third-order valence-electron chi connectivity index (χ3n) is 2.92. The van der Waals surface area contributed by atoms with Gasteiger partial charge in [0, 0.05) is 5.25 Å². The molecule has 0 radical (unpaired) electrons. The lowest BCUT2D eigenvalue weighted by molar-refractivity contribution is -0.143. The maximum atomic E-state index is 12.8. The number of H-pyrrole nitrogens is 1. The Morgan fingerprint density at radius 2 is 1.94 bits per heavy atom. The van der Waals surface area contributed by atoms with Crippen molar-refractivity contribution in [2.24, 2.45) is 0 Å². The molecule has 3 nitrogen and oxygen atoms in total. The van der Waals surface area contributed by atoms with Crippen LogP contribution in [0.3, 0.4) is 0 Å². The summed E-state index contributed by atoms with van der Waals surface area (Å²) in [5.74, 6) is 0. The van der Waals surface area contributed by atoms with Crippen molar-refractivity contribution >= 4 is 11.8 Å². The summed E-state index contributed by atoms with van der Waals surface area (Å²) in [5.41, 5.74) is -1.77. The van der Waals surface area contributed by atoms with Crippen molar-refractivity contribution in [2.75, 3.05) is 0 Å². The summed E-state index contributed by atoms with van der Waals surface area (Å²) >= 11 is 1.02. The number of halogens is 3. The first kappa shape index (κ1) is 13.5. The average Bonchev–Trinajstić information content (AvgIpc) is 2.32. The molecule has 1 aromatic heterocycles. The monoisotopic (exact) mass is 278 g/mol. The molecule has 0 atom stereocenters. The zero-order valence-corrected chi connectivity index (χ0v) is 10.4. The van der Waals surface area contributed by atoms with Crippen molar-refractivity contribution in [3.05, 3.63) is 22.4 Å². The smallest absolute Gasteiger partial charge is 0.312 e. The van der Waals surface area contributed by atoms with Crippen molar-refractivity contribution < 1.29 is 13.2 Å². The van der Waals surface area contributed by atoms with E-state index >= 15 is 0 Å². The molecular formula is C11H13F3N2OS. The molecule has 1 aliphatic carbocycles. The molecule has 1 saturated carbocycles. The number of alkyl halides is 3. The first-order valence-electron chi connectivity index (χ1n) is 5.80. The lowest BCUT2D eigenvalue weighted by atomic mass is 10.0. The van der Waals surface area contributed by atoms with Gasteiger partial charge in [-0.25, -0.2) is 4.98 Å². The molecule has 1 aliphatic rings. The molecule has 1 N–H and O–H groups in total. The van der Waals surface area contributed by atoms with Crippen LogP contribution >= 0.6 is 11.8 Å². The van der Waals surface area contributed by atoms with Crippen molar-refractivity contribution in [2.45, 2.75) is 48.4 Å². The van der Waals surface area contributed by atoms with Gasteiger partial charge in [0.25, 0.3) is 5.56 Å². The van der Waals surface area contributed by atoms with Gasteiger partial charge in [-0.1, -0.05) is 19.3 Å². The van der Waals surface area contributed by atoms with Gasteiger partial charge in [0.2, 0.25) is 0 Å². The third kappa shape index (κ3) is 3.07. The Labute approximate surface area is 106 Å². The summed E-state index contributed by atoms with van der Waals surface area (Å²) in [6.45, 7) is 0. The van der Waals surface area contributed by atoms with Gasteiger partial charge in [-0.3, -0.25) is 4.79 Å². The number of rotatable bonds is 2. The average molecular weight is 278 g/mol. The Morgan fingerprint density at radius 1 is 1.28 bits per heavy atom. The standard InChI is InChI=1S/C11H13F3N2OS/c12-11(13,14)9-8(10(17)16-6-15-9)18-7-4-2-1-3-5-7/h6-7H,1-5H2,(H,15,16,17). The van der Waals surface area contributed by atoms with E-state index in [2.05, 4.69) is 9.97 Å². The molecule has 0 spiro atoms. The highest BCUT2D eigenvalue weighted by Crippen LogP contribution is 2.38. The largest absolute Gasteiger partial charge is 0.434 e. The minimum absolute atomic E-state index is 0.0881. The van der Waals surface area contributed by atoms with Gasteiger partial charge in [0.15, 0.2) is 5.69 Å². The molecule has 18 heavy (non-hydrogen) atoms. The van der Waals surface area contributed by atoms with Gasteiger partial charge in [-0.2, -0.15) is 13.2 Å². The van der Waals surface area contributed by atoms with E-state index in [9.17, 15) is 18.0 Å². The van der Waals surface area contributed by atoms with Gasteiger partial charge in [0.05, 0.1) is 6.33 Å². The molecule has 1 fully saturated rings. The van der Waals surface area contributed by atoms with E-state index in [0.717, 1.165) is 50.2 Å². The third-order valence-corrected chi connectivity index (χ3v) is 4.34. The number of hydrogen-bond acceptors (Lipinski definition) is 3. The van der Waals surface area contributed by atoms with Gasteiger partial charge in [-0.05, 0) is 12.8 Å². The van der Waals surface area contributed by atoms with Crippen LogP contribution in [0.5, 0.6) is 0 Å². The van der Waals surface area contributed by atoms with E-state index in [1.165, 1.54) is 0 Å². The van der Waals surface area contributed by atoms with Crippen molar-refractivity contribution in [3.63, 3.8) is 0 Å². The summed E-state index contributed by atoms with van der Waals surface area (Å²) in [4.78, 5) is 16.7. The second-order valence-corrected chi connectivity index (χ2v) is 5.60. The fraction of sp³-hybridized carbons (Fsp3) is 0.636. The molecule has 0 amide bonds. The summed E-state index contributed by atoms with van der Waals surface area (Å²) in [7, 11) is 0. The highest BCUT2D eigenvalue weighted by atomic mass is 32.2. The fourth-order valence-electron chi connectivity index (χ4n) is 2.05. The molecule has 0 unspecified atom stereocenters. The van der Waals surface area contributed by atoms with Crippen LogP contribution in [0.2, 0.25) is 0 Å². The molecule has 0 bridgehead atoms. The van der Waals surface area contributed by atoms with Gasteiger partial charge in [0.1, 0.15) is 4.90 Å². The molecule has 100 valence electrons. The second kappa shape index (κ2) is 5.34. The van der Waals surface area contributed by atoms with E-state index in [1.54, 1.807) is 0 Å². The first-order chi connectivity index (χ1) is 8.48. The van der Waals surface area contributed by atoms with Crippen LogP contribution in [0.4, 0.5) is 13.2 Å². The van der Waals surface area contributed by atoms with Gasteiger partial charge < -0.3 is 4.98 Å². The summed E-state index contributed by atoms with van der Waals surface area (Å²) in [6.07, 6.45) is 1.08. The van der Waals surface area contributed by atoms with Crippen molar-refractivity contribution in [3.8, 4) is 0 Å². The Balaban J connectivity index is 2.28. The molecule has 0 saturated heterocycles. The van der Waals surface area contributed by atoms with E-state index in [1.807, 2.05) is 0 Å². The summed E-state index contributed by atoms with van der Waals surface area (Å²) in [5, 5.41) is 0.0881. The predicted molar refractivity (Wildman–Crippen MR) is 62.6 cm³/mol. The Bertz CT molecular complexity index is 466. The van der Waals surface area contributed by atoms with Gasteiger partial charge in [-0.15, -0.1) is 11.8 Å². The van der Waals surface area contributed by atoms with Crippen LogP contribution in [0.25, 0.3) is 0 Å². The van der Waals surface area contributed by atoms with Crippen LogP contribution < -0.4 is 5.56 Å². The van der Waals surface area contributed by atoms with Crippen LogP contribution in [0, 0.1) is 0 Å². The maximum Gasteiger partial charge on any atom is 0.434 e. The minimum Gasteiger partial charge on any atom is -0.312 e. The molecule has 1 aromatic rings. The zero-order chi connectivity index (χ0) is 13.2. The number of nitrogens with one attached hydrogen (secondary N) is 1. The zero-order valence-electron chi connectivity index (χ0n) is 9.59. The van der Waals surface area contributed by atoms with Crippen LogP contribution in [0.15, 0.2) is 16.0 Å². The highest BCUT2D eigenvalue weighted by molar-refractivity contribution is 8.00. The minimum atomic E-state index is -4.58. The number of aromatic amines is 1. The lowest BCUT2D eigenvalue weighted by Crippen LogP contribution is -2.21. The van der Waals surface area contributed by atoms with Crippen molar-refractivity contribution in [1.29, 1.82) is 0 Å².